The van der Waals surface area contributed by atoms with Gasteiger partial charge in [0.1, 0.15) is 5.82 Å². The van der Waals surface area contributed by atoms with Crippen molar-refractivity contribution in [3.8, 4) is 0 Å². The molecule has 0 spiro atoms. The number of rotatable bonds is 4. The number of carbonyl (C=O) groups excluding carboxylic acids is 1. The Morgan fingerprint density at radius 3 is 2.74 bits per heavy atom. The number of hydrogen-bond donors (Lipinski definition) is 1. The molecule has 1 aliphatic heterocycles. The van der Waals surface area contributed by atoms with Gasteiger partial charge in [-0.3, -0.25) is 0 Å². The summed E-state index contributed by atoms with van der Waals surface area (Å²) in [5.41, 5.74) is -1.49. The van der Waals surface area contributed by atoms with Crippen LogP contribution in [0.4, 0.5) is 28.0 Å². The summed E-state index contributed by atoms with van der Waals surface area (Å²) in [6.07, 6.45) is -3.96. The van der Waals surface area contributed by atoms with E-state index in [4.69, 9.17) is 4.74 Å². The molecule has 8 heteroatoms. The van der Waals surface area contributed by atoms with E-state index in [0.717, 1.165) is 12.5 Å². The van der Waals surface area contributed by atoms with Crippen LogP contribution in [0.1, 0.15) is 18.9 Å². The fraction of sp³-hybridized carbons (Fsp3) is 0.533. The van der Waals surface area contributed by atoms with Crippen LogP contribution in [0, 0.1) is 11.7 Å². The molecular formula is C15H18F4N2O2. The maximum absolute atomic E-state index is 13.2. The standard InChI is InChI=1S/C15H18F4N2O2/c1-2-21(8-10-5-6-23-9-10)14(22)20-11-3-4-13(16)12(7-11)15(17,18)19/h3-4,7,10H,2,5-6,8-9H2,1H3,(H,20,22)/t10-/m1/s1. The SMILES string of the molecule is CCN(C[C@H]1CCOC1)C(=O)Nc1ccc(F)c(C(F)(F)F)c1. The lowest BCUT2D eigenvalue weighted by atomic mass is 10.1. The third-order valence-electron chi connectivity index (χ3n) is 3.69. The van der Waals surface area contributed by atoms with Crippen LogP contribution in [-0.4, -0.2) is 37.2 Å². The highest BCUT2D eigenvalue weighted by molar-refractivity contribution is 5.89. The van der Waals surface area contributed by atoms with Crippen molar-refractivity contribution < 1.29 is 27.1 Å². The van der Waals surface area contributed by atoms with Crippen LogP contribution in [0.2, 0.25) is 0 Å². The lowest BCUT2D eigenvalue weighted by Gasteiger charge is -2.24. The molecule has 1 fully saturated rings. The maximum atomic E-state index is 13.2. The van der Waals surface area contributed by atoms with E-state index < -0.39 is 23.6 Å². The number of halogens is 4. The largest absolute Gasteiger partial charge is 0.419 e. The molecule has 1 atom stereocenters. The first-order valence-electron chi connectivity index (χ1n) is 7.31. The van der Waals surface area contributed by atoms with Gasteiger partial charge < -0.3 is 15.0 Å². The van der Waals surface area contributed by atoms with E-state index in [-0.39, 0.29) is 11.6 Å². The average Bonchev–Trinajstić information content (AvgIpc) is 2.98. The smallest absolute Gasteiger partial charge is 0.381 e. The molecule has 2 amide bonds. The zero-order valence-corrected chi connectivity index (χ0v) is 12.6. The van der Waals surface area contributed by atoms with E-state index in [9.17, 15) is 22.4 Å². The number of anilines is 1. The Balaban J connectivity index is 2.06. The van der Waals surface area contributed by atoms with Crippen molar-refractivity contribution in [2.24, 2.45) is 5.92 Å². The third kappa shape index (κ3) is 4.57. The van der Waals surface area contributed by atoms with Crippen LogP contribution >= 0.6 is 0 Å². The number of nitrogens with one attached hydrogen (secondary N) is 1. The molecule has 1 aliphatic rings. The second kappa shape index (κ2) is 7.16. The number of urea groups is 1. The number of carbonyl (C=O) groups is 1. The number of ether oxygens (including phenoxy) is 1. The first-order valence-corrected chi connectivity index (χ1v) is 7.31. The molecule has 0 bridgehead atoms. The Labute approximate surface area is 131 Å². The van der Waals surface area contributed by atoms with Crippen molar-refractivity contribution in [2.45, 2.75) is 19.5 Å². The molecule has 23 heavy (non-hydrogen) atoms. The Morgan fingerprint density at radius 1 is 1.43 bits per heavy atom. The van der Waals surface area contributed by atoms with Crippen molar-refractivity contribution >= 4 is 11.7 Å². The van der Waals surface area contributed by atoms with Crippen LogP contribution in [0.25, 0.3) is 0 Å². The molecule has 1 saturated heterocycles. The number of nitrogens with zero attached hydrogens (tertiary/aromatic N) is 1. The summed E-state index contributed by atoms with van der Waals surface area (Å²) in [6, 6.07) is 1.88. The summed E-state index contributed by atoms with van der Waals surface area (Å²) in [6.45, 7) is 3.88. The van der Waals surface area contributed by atoms with E-state index in [1.54, 1.807) is 6.92 Å². The lowest BCUT2D eigenvalue weighted by molar-refractivity contribution is -0.139. The van der Waals surface area contributed by atoms with Crippen molar-refractivity contribution in [3.63, 3.8) is 0 Å². The number of alkyl halides is 3. The Bertz CT molecular complexity index is 557. The maximum Gasteiger partial charge on any atom is 0.419 e. The molecular weight excluding hydrogens is 316 g/mol. The normalized spacial score (nSPS) is 18.0. The monoisotopic (exact) mass is 334 g/mol. The van der Waals surface area contributed by atoms with Gasteiger partial charge in [-0.2, -0.15) is 13.2 Å². The topological polar surface area (TPSA) is 41.6 Å². The van der Waals surface area contributed by atoms with E-state index in [2.05, 4.69) is 5.32 Å². The van der Waals surface area contributed by atoms with E-state index >= 15 is 0 Å². The second-order valence-electron chi connectivity index (χ2n) is 5.39. The van der Waals surface area contributed by atoms with E-state index in [1.165, 1.54) is 4.90 Å². The van der Waals surface area contributed by atoms with E-state index in [1.807, 2.05) is 0 Å². The quantitative estimate of drug-likeness (QED) is 0.853. The summed E-state index contributed by atoms with van der Waals surface area (Å²) in [5, 5.41) is 2.39. The lowest BCUT2D eigenvalue weighted by Crippen LogP contribution is -2.38. The van der Waals surface area contributed by atoms with Crippen LogP contribution in [0.5, 0.6) is 0 Å². The summed E-state index contributed by atoms with van der Waals surface area (Å²) >= 11 is 0. The zero-order valence-electron chi connectivity index (χ0n) is 12.6. The molecule has 1 aromatic rings. The van der Waals surface area contributed by atoms with Gasteiger partial charge in [0, 0.05) is 31.3 Å². The highest BCUT2D eigenvalue weighted by Gasteiger charge is 2.34. The predicted molar refractivity (Wildman–Crippen MR) is 76.6 cm³/mol. The van der Waals surface area contributed by atoms with Crippen LogP contribution in [0.3, 0.4) is 0 Å². The minimum Gasteiger partial charge on any atom is -0.381 e. The molecule has 1 heterocycles. The van der Waals surface area contributed by atoms with Crippen molar-refractivity contribution in [1.29, 1.82) is 0 Å². The number of benzene rings is 1. The van der Waals surface area contributed by atoms with Gasteiger partial charge in [-0.25, -0.2) is 9.18 Å². The molecule has 4 nitrogen and oxygen atoms in total. The fourth-order valence-electron chi connectivity index (χ4n) is 2.42. The first-order chi connectivity index (χ1) is 10.8. The minimum absolute atomic E-state index is 0.0927. The molecule has 1 N–H and O–H groups in total. The van der Waals surface area contributed by atoms with Gasteiger partial charge in [-0.1, -0.05) is 0 Å². The van der Waals surface area contributed by atoms with Gasteiger partial charge in [0.05, 0.1) is 12.2 Å². The summed E-state index contributed by atoms with van der Waals surface area (Å²) < 4.78 is 56.5. The Hall–Kier alpha value is -1.83. The highest BCUT2D eigenvalue weighted by Crippen LogP contribution is 2.33. The molecule has 0 aromatic heterocycles. The summed E-state index contributed by atoms with van der Waals surface area (Å²) in [5.74, 6) is -1.15. The van der Waals surface area contributed by atoms with Crippen molar-refractivity contribution in [2.75, 3.05) is 31.6 Å². The predicted octanol–water partition coefficient (Wildman–Crippen LogP) is 3.73. The van der Waals surface area contributed by atoms with Crippen LogP contribution in [-0.2, 0) is 10.9 Å². The summed E-state index contributed by atoms with van der Waals surface area (Å²) in [7, 11) is 0. The van der Waals surface area contributed by atoms with Gasteiger partial charge in [0.25, 0.3) is 0 Å². The van der Waals surface area contributed by atoms with Gasteiger partial charge in [-0.15, -0.1) is 0 Å². The molecule has 0 aliphatic carbocycles. The molecule has 1 aromatic carbocycles. The van der Waals surface area contributed by atoms with Crippen molar-refractivity contribution in [1.82, 2.24) is 4.90 Å². The molecule has 128 valence electrons. The molecule has 0 unspecified atom stereocenters. The highest BCUT2D eigenvalue weighted by atomic mass is 19.4. The Kier molecular flexibility index (Phi) is 5.46. The second-order valence-corrected chi connectivity index (χ2v) is 5.39. The van der Waals surface area contributed by atoms with Crippen molar-refractivity contribution in [3.05, 3.63) is 29.6 Å². The first kappa shape index (κ1) is 17.5. The summed E-state index contributed by atoms with van der Waals surface area (Å²) in [4.78, 5) is 13.7. The average molecular weight is 334 g/mol. The molecule has 0 saturated carbocycles. The Morgan fingerprint density at radius 2 is 2.17 bits per heavy atom. The van der Waals surface area contributed by atoms with Gasteiger partial charge in [-0.05, 0) is 31.5 Å². The van der Waals surface area contributed by atoms with Gasteiger partial charge in [0.2, 0.25) is 0 Å². The zero-order chi connectivity index (χ0) is 17.0. The van der Waals surface area contributed by atoms with E-state index in [0.29, 0.717) is 38.4 Å². The fourth-order valence-corrected chi connectivity index (χ4v) is 2.42. The molecule has 0 radical (unpaired) electrons. The van der Waals surface area contributed by atoms with Crippen LogP contribution < -0.4 is 5.32 Å². The van der Waals surface area contributed by atoms with Gasteiger partial charge in [0.15, 0.2) is 0 Å². The minimum atomic E-state index is -4.81. The number of amides is 2. The number of hydrogen-bond acceptors (Lipinski definition) is 2. The van der Waals surface area contributed by atoms with Gasteiger partial charge >= 0.3 is 12.2 Å². The van der Waals surface area contributed by atoms with Crippen LogP contribution in [0.15, 0.2) is 18.2 Å². The molecule has 2 rings (SSSR count). The third-order valence-corrected chi connectivity index (χ3v) is 3.69.